The molecule has 1 saturated heterocycles. The van der Waals surface area contributed by atoms with E-state index >= 15 is 0 Å². The normalized spacial score (nSPS) is 17.7. The third-order valence-electron chi connectivity index (χ3n) is 5.05. The number of nitrogens with one attached hydrogen (secondary N) is 1. The second-order valence-corrected chi connectivity index (χ2v) is 8.21. The van der Waals surface area contributed by atoms with Gasteiger partial charge in [0.2, 0.25) is 0 Å². The van der Waals surface area contributed by atoms with E-state index in [1.807, 2.05) is 42.5 Å². The summed E-state index contributed by atoms with van der Waals surface area (Å²) in [7, 11) is 2.15. The van der Waals surface area contributed by atoms with Crippen molar-refractivity contribution in [3.8, 4) is 5.75 Å². The van der Waals surface area contributed by atoms with Crippen molar-refractivity contribution in [3.63, 3.8) is 0 Å². The van der Waals surface area contributed by atoms with Crippen molar-refractivity contribution in [2.75, 3.05) is 39.8 Å². The van der Waals surface area contributed by atoms with Gasteiger partial charge >= 0.3 is 0 Å². The van der Waals surface area contributed by atoms with E-state index in [4.69, 9.17) is 4.74 Å². The zero-order valence-corrected chi connectivity index (χ0v) is 18.1. The van der Waals surface area contributed by atoms with Gasteiger partial charge in [0.15, 0.2) is 6.10 Å². The number of carbonyl (C=O) groups excluding carboxylic acids is 1. The van der Waals surface area contributed by atoms with Gasteiger partial charge in [0.25, 0.3) is 5.91 Å². The molecule has 2 atom stereocenters. The zero-order valence-electron chi connectivity index (χ0n) is 16.5. The summed E-state index contributed by atoms with van der Waals surface area (Å²) in [5, 5.41) is 3.19. The lowest BCUT2D eigenvalue weighted by Gasteiger charge is -2.35. The van der Waals surface area contributed by atoms with Crippen molar-refractivity contribution in [1.29, 1.82) is 0 Å². The van der Waals surface area contributed by atoms with Gasteiger partial charge in [-0.3, -0.25) is 9.69 Å². The SMILES string of the molecule is CC(Oc1ccc(Br)cc1)C(=O)NC(CN1CCN(C)CC1)c1ccccc1. The fraction of sp³-hybridized carbons (Fsp3) is 0.409. The Bertz CT molecular complexity index is 746. The summed E-state index contributed by atoms with van der Waals surface area (Å²) in [4.78, 5) is 17.6. The molecule has 1 aliphatic rings. The van der Waals surface area contributed by atoms with Crippen LogP contribution in [0.25, 0.3) is 0 Å². The second-order valence-electron chi connectivity index (χ2n) is 7.29. The predicted molar refractivity (Wildman–Crippen MR) is 115 cm³/mol. The average molecular weight is 446 g/mol. The molecule has 2 aromatic carbocycles. The highest BCUT2D eigenvalue weighted by molar-refractivity contribution is 9.10. The zero-order chi connectivity index (χ0) is 19.9. The summed E-state index contributed by atoms with van der Waals surface area (Å²) < 4.78 is 6.80. The molecule has 3 rings (SSSR count). The molecule has 1 heterocycles. The molecule has 0 aliphatic carbocycles. The van der Waals surface area contributed by atoms with Crippen LogP contribution in [0.4, 0.5) is 0 Å². The molecule has 150 valence electrons. The predicted octanol–water partition coefficient (Wildman–Crippen LogP) is 3.32. The van der Waals surface area contributed by atoms with Gasteiger partial charge in [-0.25, -0.2) is 0 Å². The topological polar surface area (TPSA) is 44.8 Å². The molecule has 1 fully saturated rings. The lowest BCUT2D eigenvalue weighted by atomic mass is 10.1. The molecule has 28 heavy (non-hydrogen) atoms. The Labute approximate surface area is 175 Å². The van der Waals surface area contributed by atoms with Gasteiger partial charge in [0.05, 0.1) is 6.04 Å². The standard InChI is InChI=1S/C22H28BrN3O2/c1-17(28-20-10-8-19(23)9-11-20)22(27)24-21(18-6-4-3-5-7-18)16-26-14-12-25(2)13-15-26/h3-11,17,21H,12-16H2,1-2H3,(H,24,27). The van der Waals surface area contributed by atoms with Crippen LogP contribution < -0.4 is 10.1 Å². The van der Waals surface area contributed by atoms with E-state index in [1.165, 1.54) is 0 Å². The van der Waals surface area contributed by atoms with Crippen LogP contribution in [0.5, 0.6) is 5.75 Å². The second kappa shape index (κ2) is 10.0. The number of likely N-dealkylation sites (N-methyl/N-ethyl adjacent to an activating group) is 1. The van der Waals surface area contributed by atoms with Gasteiger partial charge in [-0.15, -0.1) is 0 Å². The van der Waals surface area contributed by atoms with Crippen molar-refractivity contribution < 1.29 is 9.53 Å². The number of amides is 1. The Hall–Kier alpha value is -1.89. The highest BCUT2D eigenvalue weighted by Gasteiger charge is 2.24. The molecular weight excluding hydrogens is 418 g/mol. The van der Waals surface area contributed by atoms with Crippen molar-refractivity contribution in [3.05, 3.63) is 64.6 Å². The third kappa shape index (κ3) is 6.06. The number of hydrogen-bond acceptors (Lipinski definition) is 4. The molecule has 0 spiro atoms. The first-order valence-corrected chi connectivity index (χ1v) is 10.5. The first kappa shape index (κ1) is 20.8. The van der Waals surface area contributed by atoms with Gasteiger partial charge in [0, 0.05) is 37.2 Å². The van der Waals surface area contributed by atoms with Crippen LogP contribution in [0.3, 0.4) is 0 Å². The molecule has 1 amide bonds. The van der Waals surface area contributed by atoms with Crippen molar-refractivity contribution in [2.24, 2.45) is 0 Å². The molecule has 6 heteroatoms. The van der Waals surface area contributed by atoms with Crippen molar-refractivity contribution in [1.82, 2.24) is 15.1 Å². The van der Waals surface area contributed by atoms with Gasteiger partial charge in [-0.1, -0.05) is 46.3 Å². The Morgan fingerprint density at radius 3 is 2.36 bits per heavy atom. The maximum Gasteiger partial charge on any atom is 0.261 e. The van der Waals surface area contributed by atoms with E-state index < -0.39 is 6.10 Å². The summed E-state index contributed by atoms with van der Waals surface area (Å²) in [5.41, 5.74) is 1.12. The Morgan fingerprint density at radius 1 is 1.07 bits per heavy atom. The number of hydrogen-bond donors (Lipinski definition) is 1. The highest BCUT2D eigenvalue weighted by Crippen LogP contribution is 2.19. The Morgan fingerprint density at radius 2 is 1.71 bits per heavy atom. The molecule has 0 bridgehead atoms. The lowest BCUT2D eigenvalue weighted by molar-refractivity contribution is -0.128. The van der Waals surface area contributed by atoms with E-state index in [0.29, 0.717) is 5.75 Å². The van der Waals surface area contributed by atoms with Crippen LogP contribution in [0, 0.1) is 0 Å². The van der Waals surface area contributed by atoms with Crippen LogP contribution in [0.1, 0.15) is 18.5 Å². The summed E-state index contributed by atoms with van der Waals surface area (Å²) in [6.45, 7) is 6.72. The molecule has 2 aromatic rings. The van der Waals surface area contributed by atoms with E-state index in [-0.39, 0.29) is 11.9 Å². The maximum atomic E-state index is 12.8. The van der Waals surface area contributed by atoms with Crippen LogP contribution in [0.2, 0.25) is 0 Å². The molecule has 0 saturated carbocycles. The Balaban J connectivity index is 1.64. The van der Waals surface area contributed by atoms with Crippen LogP contribution >= 0.6 is 15.9 Å². The monoisotopic (exact) mass is 445 g/mol. The minimum Gasteiger partial charge on any atom is -0.481 e. The van der Waals surface area contributed by atoms with Gasteiger partial charge in [-0.05, 0) is 43.8 Å². The van der Waals surface area contributed by atoms with Gasteiger partial charge in [-0.2, -0.15) is 0 Å². The third-order valence-corrected chi connectivity index (χ3v) is 5.58. The number of piperazine rings is 1. The first-order chi connectivity index (χ1) is 13.5. The number of halogens is 1. The molecular formula is C22H28BrN3O2. The Kier molecular flexibility index (Phi) is 7.48. The van der Waals surface area contributed by atoms with E-state index in [9.17, 15) is 4.79 Å². The summed E-state index contributed by atoms with van der Waals surface area (Å²) in [6, 6.07) is 17.6. The van der Waals surface area contributed by atoms with Gasteiger partial charge < -0.3 is 15.0 Å². The largest absolute Gasteiger partial charge is 0.481 e. The number of nitrogens with zero attached hydrogens (tertiary/aromatic N) is 2. The first-order valence-electron chi connectivity index (χ1n) is 9.69. The smallest absolute Gasteiger partial charge is 0.261 e. The number of ether oxygens (including phenoxy) is 1. The molecule has 0 aromatic heterocycles. The van der Waals surface area contributed by atoms with Crippen LogP contribution in [-0.4, -0.2) is 61.6 Å². The van der Waals surface area contributed by atoms with Crippen molar-refractivity contribution in [2.45, 2.75) is 19.1 Å². The fourth-order valence-electron chi connectivity index (χ4n) is 3.27. The molecule has 2 unspecified atom stereocenters. The summed E-state index contributed by atoms with van der Waals surface area (Å²) in [5.74, 6) is 0.576. The van der Waals surface area contributed by atoms with E-state index in [2.05, 4.69) is 50.2 Å². The van der Waals surface area contributed by atoms with Crippen LogP contribution in [-0.2, 0) is 4.79 Å². The average Bonchev–Trinajstić information content (AvgIpc) is 2.71. The van der Waals surface area contributed by atoms with Gasteiger partial charge in [0.1, 0.15) is 5.75 Å². The summed E-state index contributed by atoms with van der Waals surface area (Å²) >= 11 is 3.41. The molecule has 0 radical (unpaired) electrons. The molecule has 1 N–H and O–H groups in total. The minimum atomic E-state index is -0.570. The fourth-order valence-corrected chi connectivity index (χ4v) is 3.53. The van der Waals surface area contributed by atoms with E-state index in [1.54, 1.807) is 6.92 Å². The number of carbonyl (C=O) groups is 1. The molecule has 1 aliphatic heterocycles. The quantitative estimate of drug-likeness (QED) is 0.709. The molecule has 5 nitrogen and oxygen atoms in total. The minimum absolute atomic E-state index is 0.0620. The maximum absolute atomic E-state index is 12.8. The summed E-state index contributed by atoms with van der Waals surface area (Å²) in [6.07, 6.45) is -0.570. The van der Waals surface area contributed by atoms with E-state index in [0.717, 1.165) is 42.8 Å². The number of rotatable bonds is 7. The number of benzene rings is 2. The van der Waals surface area contributed by atoms with Crippen LogP contribution in [0.15, 0.2) is 59.1 Å². The highest BCUT2D eigenvalue weighted by atomic mass is 79.9. The van der Waals surface area contributed by atoms with Crippen molar-refractivity contribution >= 4 is 21.8 Å². The lowest BCUT2D eigenvalue weighted by Crippen LogP contribution is -2.49.